The molecular weight excluding hydrogens is 306 g/mol. The van der Waals surface area contributed by atoms with Crippen molar-refractivity contribution in [2.75, 3.05) is 0 Å². The molecule has 2 heterocycles. The Hall–Kier alpha value is -2.31. The number of halogens is 2. The van der Waals surface area contributed by atoms with Crippen molar-refractivity contribution in [3.05, 3.63) is 34.9 Å². The minimum atomic E-state index is -2.96. The van der Waals surface area contributed by atoms with Crippen LogP contribution >= 0.6 is 0 Å². The van der Waals surface area contributed by atoms with Crippen molar-refractivity contribution in [2.24, 2.45) is 0 Å². The van der Waals surface area contributed by atoms with E-state index in [0.717, 1.165) is 0 Å². The third-order valence-corrected chi connectivity index (χ3v) is 4.91. The molecule has 0 aromatic heterocycles. The SMILES string of the molecule is O=C1CCC(N2C(=O)c3cccc4c3C2CCC4(F)F)C(=O)N1. The van der Waals surface area contributed by atoms with E-state index in [1.807, 2.05) is 0 Å². The van der Waals surface area contributed by atoms with Gasteiger partial charge in [0.05, 0.1) is 6.04 Å². The van der Waals surface area contributed by atoms with Gasteiger partial charge in [0.1, 0.15) is 6.04 Å². The maximum absolute atomic E-state index is 14.1. The minimum Gasteiger partial charge on any atom is -0.319 e. The lowest BCUT2D eigenvalue weighted by molar-refractivity contribution is -0.137. The number of alkyl halides is 2. The fraction of sp³-hybridized carbons (Fsp3) is 0.438. The Morgan fingerprint density at radius 3 is 2.65 bits per heavy atom. The molecule has 23 heavy (non-hydrogen) atoms. The van der Waals surface area contributed by atoms with Gasteiger partial charge in [-0.25, -0.2) is 8.78 Å². The van der Waals surface area contributed by atoms with Gasteiger partial charge in [0, 0.05) is 24.0 Å². The normalized spacial score (nSPS) is 28.6. The van der Waals surface area contributed by atoms with Gasteiger partial charge in [-0.05, 0) is 24.5 Å². The summed E-state index contributed by atoms with van der Waals surface area (Å²) in [6.45, 7) is 0. The van der Waals surface area contributed by atoms with Crippen molar-refractivity contribution in [1.82, 2.24) is 10.2 Å². The van der Waals surface area contributed by atoms with E-state index >= 15 is 0 Å². The van der Waals surface area contributed by atoms with E-state index < -0.39 is 29.8 Å². The van der Waals surface area contributed by atoms with E-state index in [9.17, 15) is 23.2 Å². The van der Waals surface area contributed by atoms with Crippen LogP contribution in [0.5, 0.6) is 0 Å². The molecule has 0 bridgehead atoms. The topological polar surface area (TPSA) is 66.5 Å². The van der Waals surface area contributed by atoms with E-state index in [4.69, 9.17) is 0 Å². The Morgan fingerprint density at radius 1 is 1.13 bits per heavy atom. The number of rotatable bonds is 1. The zero-order valence-electron chi connectivity index (χ0n) is 12.1. The number of nitrogens with zero attached hydrogens (tertiary/aromatic N) is 1. The fourth-order valence-corrected chi connectivity index (χ4v) is 3.89. The summed E-state index contributed by atoms with van der Waals surface area (Å²) in [4.78, 5) is 37.5. The Bertz CT molecular complexity index is 747. The van der Waals surface area contributed by atoms with Gasteiger partial charge in [-0.15, -0.1) is 0 Å². The molecule has 0 radical (unpaired) electrons. The van der Waals surface area contributed by atoms with Crippen molar-refractivity contribution in [3.8, 4) is 0 Å². The fourth-order valence-electron chi connectivity index (χ4n) is 3.89. The zero-order valence-corrected chi connectivity index (χ0v) is 12.1. The monoisotopic (exact) mass is 320 g/mol. The average Bonchev–Trinajstić information content (AvgIpc) is 2.78. The minimum absolute atomic E-state index is 0.112. The van der Waals surface area contributed by atoms with Crippen LogP contribution in [0.4, 0.5) is 8.78 Å². The Kier molecular flexibility index (Phi) is 2.86. The second-order valence-corrected chi connectivity index (χ2v) is 6.21. The standard InChI is InChI=1S/C16H14F2N2O3/c17-16(18)7-6-10-13-8(2-1-3-9(13)16)15(23)20(10)11-4-5-12(21)19-14(11)22/h1-3,10-11H,4-7H2,(H,19,21,22). The summed E-state index contributed by atoms with van der Waals surface area (Å²) in [5, 5.41) is 2.23. The number of carbonyl (C=O) groups is 3. The van der Waals surface area contributed by atoms with Crippen LogP contribution < -0.4 is 5.32 Å². The van der Waals surface area contributed by atoms with E-state index in [0.29, 0.717) is 5.56 Å². The molecule has 3 aliphatic rings. The van der Waals surface area contributed by atoms with Crippen molar-refractivity contribution in [2.45, 2.75) is 43.7 Å². The van der Waals surface area contributed by atoms with Gasteiger partial charge in [0.25, 0.3) is 11.8 Å². The molecular formula is C16H14F2N2O3. The molecule has 2 unspecified atom stereocenters. The summed E-state index contributed by atoms with van der Waals surface area (Å²) >= 11 is 0. The predicted molar refractivity (Wildman–Crippen MR) is 74.7 cm³/mol. The van der Waals surface area contributed by atoms with Gasteiger partial charge in [-0.2, -0.15) is 0 Å². The number of hydrogen-bond acceptors (Lipinski definition) is 3. The van der Waals surface area contributed by atoms with Crippen LogP contribution in [0.15, 0.2) is 18.2 Å². The summed E-state index contributed by atoms with van der Waals surface area (Å²) in [5.41, 5.74) is 0.476. The van der Waals surface area contributed by atoms with Gasteiger partial charge < -0.3 is 4.90 Å². The van der Waals surface area contributed by atoms with Crippen LogP contribution in [-0.2, 0) is 15.5 Å². The number of amides is 3. The third-order valence-electron chi connectivity index (χ3n) is 4.91. The van der Waals surface area contributed by atoms with E-state index in [1.165, 1.54) is 23.1 Å². The van der Waals surface area contributed by atoms with E-state index in [1.54, 1.807) is 0 Å². The smallest absolute Gasteiger partial charge is 0.273 e. The number of piperidine rings is 1. The molecule has 1 saturated heterocycles. The molecule has 4 rings (SSSR count). The maximum atomic E-state index is 14.1. The third kappa shape index (κ3) is 1.92. The Labute approximate surface area is 130 Å². The predicted octanol–water partition coefficient (Wildman–Crippen LogP) is 1.87. The number of hydrogen-bond donors (Lipinski definition) is 1. The number of carbonyl (C=O) groups excluding carboxylic acids is 3. The number of benzene rings is 1. The van der Waals surface area contributed by atoms with Crippen molar-refractivity contribution < 1.29 is 23.2 Å². The summed E-state index contributed by atoms with van der Waals surface area (Å²) < 4.78 is 28.3. The second kappa shape index (κ2) is 4.59. The molecule has 3 amide bonds. The van der Waals surface area contributed by atoms with Crippen LogP contribution in [0.25, 0.3) is 0 Å². The first-order chi connectivity index (χ1) is 10.9. The summed E-state index contributed by atoms with van der Waals surface area (Å²) in [6, 6.07) is 3.04. The number of nitrogens with one attached hydrogen (secondary N) is 1. The highest BCUT2D eigenvalue weighted by Gasteiger charge is 2.51. The van der Waals surface area contributed by atoms with Crippen molar-refractivity contribution in [1.29, 1.82) is 0 Å². The van der Waals surface area contributed by atoms with Crippen LogP contribution in [0.3, 0.4) is 0 Å². The second-order valence-electron chi connectivity index (χ2n) is 6.21. The summed E-state index contributed by atoms with van der Waals surface area (Å²) in [6.07, 6.45) is 0.130. The highest BCUT2D eigenvalue weighted by atomic mass is 19.3. The molecule has 0 spiro atoms. The molecule has 0 saturated carbocycles. The van der Waals surface area contributed by atoms with Gasteiger partial charge >= 0.3 is 0 Å². The Balaban J connectivity index is 1.79. The largest absolute Gasteiger partial charge is 0.319 e. The molecule has 1 fully saturated rings. The highest BCUT2D eigenvalue weighted by Crippen LogP contribution is 2.51. The molecule has 7 heteroatoms. The molecule has 2 aliphatic heterocycles. The van der Waals surface area contributed by atoms with Crippen LogP contribution in [0, 0.1) is 0 Å². The number of imide groups is 1. The zero-order chi connectivity index (χ0) is 16.4. The van der Waals surface area contributed by atoms with Gasteiger partial charge in [-0.1, -0.05) is 12.1 Å². The lowest BCUT2D eigenvalue weighted by Gasteiger charge is -2.37. The molecule has 5 nitrogen and oxygen atoms in total. The lowest BCUT2D eigenvalue weighted by atomic mass is 9.84. The first-order valence-electron chi connectivity index (χ1n) is 7.58. The molecule has 2 atom stereocenters. The first kappa shape index (κ1) is 14.3. The summed E-state index contributed by atoms with van der Waals surface area (Å²) in [5.74, 6) is -4.25. The molecule has 1 aromatic rings. The summed E-state index contributed by atoms with van der Waals surface area (Å²) in [7, 11) is 0. The van der Waals surface area contributed by atoms with E-state index in [2.05, 4.69) is 5.32 Å². The van der Waals surface area contributed by atoms with Gasteiger partial charge in [-0.3, -0.25) is 19.7 Å². The molecule has 120 valence electrons. The first-order valence-corrected chi connectivity index (χ1v) is 7.58. The highest BCUT2D eigenvalue weighted by molar-refractivity contribution is 6.06. The molecule has 1 aromatic carbocycles. The van der Waals surface area contributed by atoms with E-state index in [-0.39, 0.29) is 42.7 Å². The van der Waals surface area contributed by atoms with Crippen molar-refractivity contribution >= 4 is 17.7 Å². The van der Waals surface area contributed by atoms with Gasteiger partial charge in [0.15, 0.2) is 0 Å². The lowest BCUT2D eigenvalue weighted by Crippen LogP contribution is -2.53. The van der Waals surface area contributed by atoms with Crippen molar-refractivity contribution in [3.63, 3.8) is 0 Å². The molecule has 1 aliphatic carbocycles. The average molecular weight is 320 g/mol. The van der Waals surface area contributed by atoms with Crippen LogP contribution in [0.2, 0.25) is 0 Å². The Morgan fingerprint density at radius 2 is 1.91 bits per heavy atom. The quantitative estimate of drug-likeness (QED) is 0.803. The maximum Gasteiger partial charge on any atom is 0.273 e. The molecule has 1 N–H and O–H groups in total. The van der Waals surface area contributed by atoms with Crippen LogP contribution in [-0.4, -0.2) is 28.7 Å². The van der Waals surface area contributed by atoms with Crippen LogP contribution in [0.1, 0.15) is 53.2 Å². The van der Waals surface area contributed by atoms with Gasteiger partial charge in [0.2, 0.25) is 11.8 Å².